The van der Waals surface area contributed by atoms with Crippen molar-refractivity contribution in [1.29, 1.82) is 5.26 Å². The molecule has 0 aliphatic rings. The van der Waals surface area contributed by atoms with Crippen LogP contribution in [0.2, 0.25) is 0 Å². The van der Waals surface area contributed by atoms with Crippen LogP contribution in [0.1, 0.15) is 15.9 Å². The minimum Gasteiger partial charge on any atom is -0.322 e. The predicted octanol–water partition coefficient (Wildman–Crippen LogP) is 3.77. The maximum Gasteiger partial charge on any atom is 0.255 e. The number of hydrogen-bond donors (Lipinski definition) is 1. The Morgan fingerprint density at radius 1 is 1.21 bits per heavy atom. The van der Waals surface area contributed by atoms with E-state index in [4.69, 9.17) is 5.26 Å². The summed E-state index contributed by atoms with van der Waals surface area (Å²) in [5.41, 5.74) is 1.98. The Morgan fingerprint density at radius 3 is 2.74 bits per heavy atom. The topological polar surface area (TPSA) is 52.9 Å². The Bertz CT molecular complexity index is 647. The third kappa shape index (κ3) is 3.43. The lowest BCUT2D eigenvalue weighted by atomic mass is 10.0. The van der Waals surface area contributed by atoms with Crippen molar-refractivity contribution in [1.82, 2.24) is 0 Å². The lowest BCUT2D eigenvalue weighted by Gasteiger charge is -2.08. The standard InChI is InChI=1S/C15H11BrN2O/c16-12-5-3-6-13(10-12)18-15(19)14-7-2-1-4-11(14)8-9-17/h1-7,10H,8H2,(H,18,19). The van der Waals surface area contributed by atoms with Gasteiger partial charge in [-0.1, -0.05) is 40.2 Å². The van der Waals surface area contributed by atoms with Crippen molar-refractivity contribution in [2.24, 2.45) is 0 Å². The molecule has 19 heavy (non-hydrogen) atoms. The first-order valence-electron chi connectivity index (χ1n) is 5.72. The molecule has 1 amide bonds. The van der Waals surface area contributed by atoms with Crippen molar-refractivity contribution in [2.75, 3.05) is 5.32 Å². The third-order valence-corrected chi connectivity index (χ3v) is 3.11. The van der Waals surface area contributed by atoms with Gasteiger partial charge in [0.2, 0.25) is 0 Å². The van der Waals surface area contributed by atoms with Crippen LogP contribution in [-0.4, -0.2) is 5.91 Å². The monoisotopic (exact) mass is 314 g/mol. The summed E-state index contributed by atoms with van der Waals surface area (Å²) in [5.74, 6) is -0.205. The molecule has 0 bridgehead atoms. The number of halogens is 1. The number of anilines is 1. The van der Waals surface area contributed by atoms with Crippen LogP contribution in [0.3, 0.4) is 0 Å². The van der Waals surface area contributed by atoms with Crippen molar-refractivity contribution < 1.29 is 4.79 Å². The highest BCUT2D eigenvalue weighted by atomic mass is 79.9. The number of nitrogens with one attached hydrogen (secondary N) is 1. The zero-order chi connectivity index (χ0) is 13.7. The van der Waals surface area contributed by atoms with E-state index in [2.05, 4.69) is 27.3 Å². The number of amides is 1. The second kappa shape index (κ2) is 6.17. The average molecular weight is 315 g/mol. The van der Waals surface area contributed by atoms with Crippen LogP contribution in [0.5, 0.6) is 0 Å². The van der Waals surface area contributed by atoms with Crippen LogP contribution in [0.25, 0.3) is 0 Å². The fraction of sp³-hybridized carbons (Fsp3) is 0.0667. The summed E-state index contributed by atoms with van der Waals surface area (Å²) in [5, 5.41) is 11.6. The molecular weight excluding hydrogens is 304 g/mol. The molecule has 1 N–H and O–H groups in total. The molecule has 4 heteroatoms. The van der Waals surface area contributed by atoms with E-state index in [-0.39, 0.29) is 12.3 Å². The SMILES string of the molecule is N#CCc1ccccc1C(=O)Nc1cccc(Br)c1. The summed E-state index contributed by atoms with van der Waals surface area (Å²) in [6, 6.07) is 16.6. The van der Waals surface area contributed by atoms with E-state index < -0.39 is 0 Å². The second-order valence-electron chi connectivity index (χ2n) is 3.96. The molecule has 0 unspecified atom stereocenters. The van der Waals surface area contributed by atoms with Gasteiger partial charge in [-0.2, -0.15) is 5.26 Å². The Morgan fingerprint density at radius 2 is 2.00 bits per heavy atom. The Labute approximate surface area is 120 Å². The van der Waals surface area contributed by atoms with Gasteiger partial charge in [0.15, 0.2) is 0 Å². The molecule has 0 heterocycles. The van der Waals surface area contributed by atoms with Gasteiger partial charge >= 0.3 is 0 Å². The molecule has 0 fully saturated rings. The van der Waals surface area contributed by atoms with Crippen LogP contribution < -0.4 is 5.32 Å². The number of nitriles is 1. The van der Waals surface area contributed by atoms with E-state index in [9.17, 15) is 4.79 Å². The number of benzene rings is 2. The zero-order valence-electron chi connectivity index (χ0n) is 10.1. The number of nitrogens with zero attached hydrogens (tertiary/aromatic N) is 1. The van der Waals surface area contributed by atoms with Crippen LogP contribution in [0, 0.1) is 11.3 Å². The van der Waals surface area contributed by atoms with Gasteiger partial charge in [-0.25, -0.2) is 0 Å². The predicted molar refractivity (Wildman–Crippen MR) is 77.9 cm³/mol. The summed E-state index contributed by atoms with van der Waals surface area (Å²) in [6.07, 6.45) is 0.224. The number of carbonyl (C=O) groups excluding carboxylic acids is 1. The maximum absolute atomic E-state index is 12.2. The minimum atomic E-state index is -0.205. The van der Waals surface area contributed by atoms with Gasteiger partial charge in [0, 0.05) is 15.7 Å². The molecular formula is C15H11BrN2O. The molecule has 0 radical (unpaired) electrons. The summed E-state index contributed by atoms with van der Waals surface area (Å²) in [7, 11) is 0. The summed E-state index contributed by atoms with van der Waals surface area (Å²) >= 11 is 3.35. The number of hydrogen-bond acceptors (Lipinski definition) is 2. The first-order valence-corrected chi connectivity index (χ1v) is 6.52. The van der Waals surface area contributed by atoms with Crippen molar-refractivity contribution in [3.63, 3.8) is 0 Å². The molecule has 2 aromatic rings. The second-order valence-corrected chi connectivity index (χ2v) is 4.87. The largest absolute Gasteiger partial charge is 0.322 e. The van der Waals surface area contributed by atoms with Gasteiger partial charge in [-0.15, -0.1) is 0 Å². The average Bonchev–Trinajstić information content (AvgIpc) is 2.39. The third-order valence-electron chi connectivity index (χ3n) is 2.61. The van der Waals surface area contributed by atoms with E-state index in [1.54, 1.807) is 18.2 Å². The lowest BCUT2D eigenvalue weighted by molar-refractivity contribution is 0.102. The highest BCUT2D eigenvalue weighted by molar-refractivity contribution is 9.10. The summed E-state index contributed by atoms with van der Waals surface area (Å²) in [4.78, 5) is 12.2. The van der Waals surface area contributed by atoms with E-state index in [1.165, 1.54) is 0 Å². The molecule has 0 aliphatic heterocycles. The molecule has 0 aromatic heterocycles. The summed E-state index contributed by atoms with van der Waals surface area (Å²) < 4.78 is 0.899. The van der Waals surface area contributed by atoms with Gasteiger partial charge < -0.3 is 5.32 Å². The Hall–Kier alpha value is -2.12. The lowest BCUT2D eigenvalue weighted by Crippen LogP contribution is -2.14. The molecule has 94 valence electrons. The van der Waals surface area contributed by atoms with Crippen molar-refractivity contribution >= 4 is 27.5 Å². The highest BCUT2D eigenvalue weighted by Crippen LogP contribution is 2.17. The Balaban J connectivity index is 2.23. The molecule has 3 nitrogen and oxygen atoms in total. The fourth-order valence-corrected chi connectivity index (χ4v) is 2.15. The molecule has 0 atom stereocenters. The van der Waals surface area contributed by atoms with Crippen LogP contribution in [0.15, 0.2) is 53.0 Å². The van der Waals surface area contributed by atoms with Gasteiger partial charge in [0.1, 0.15) is 0 Å². The van der Waals surface area contributed by atoms with E-state index in [0.717, 1.165) is 10.0 Å². The molecule has 0 saturated heterocycles. The van der Waals surface area contributed by atoms with E-state index in [1.807, 2.05) is 30.3 Å². The summed E-state index contributed by atoms with van der Waals surface area (Å²) in [6.45, 7) is 0. The van der Waals surface area contributed by atoms with Gasteiger partial charge in [0.25, 0.3) is 5.91 Å². The van der Waals surface area contributed by atoms with Crippen LogP contribution in [0.4, 0.5) is 5.69 Å². The van der Waals surface area contributed by atoms with Crippen molar-refractivity contribution in [2.45, 2.75) is 6.42 Å². The van der Waals surface area contributed by atoms with E-state index in [0.29, 0.717) is 11.3 Å². The zero-order valence-corrected chi connectivity index (χ0v) is 11.6. The minimum absolute atomic E-state index is 0.205. The fourth-order valence-electron chi connectivity index (χ4n) is 1.75. The molecule has 2 rings (SSSR count). The molecule has 0 saturated carbocycles. The quantitative estimate of drug-likeness (QED) is 0.937. The first kappa shape index (κ1) is 13.3. The highest BCUT2D eigenvalue weighted by Gasteiger charge is 2.10. The normalized spacial score (nSPS) is 9.68. The molecule has 0 aliphatic carbocycles. The maximum atomic E-state index is 12.2. The van der Waals surface area contributed by atoms with Crippen molar-refractivity contribution in [3.8, 4) is 6.07 Å². The Kier molecular flexibility index (Phi) is 4.32. The number of rotatable bonds is 3. The first-order chi connectivity index (χ1) is 9.20. The van der Waals surface area contributed by atoms with Gasteiger partial charge in [-0.05, 0) is 29.8 Å². The molecule has 0 spiro atoms. The van der Waals surface area contributed by atoms with Crippen LogP contribution in [-0.2, 0) is 6.42 Å². The van der Waals surface area contributed by atoms with Crippen LogP contribution >= 0.6 is 15.9 Å². The van der Waals surface area contributed by atoms with E-state index >= 15 is 0 Å². The smallest absolute Gasteiger partial charge is 0.255 e. The van der Waals surface area contributed by atoms with Gasteiger partial charge in [-0.3, -0.25) is 4.79 Å². The van der Waals surface area contributed by atoms with Gasteiger partial charge in [0.05, 0.1) is 12.5 Å². The van der Waals surface area contributed by atoms with Crippen molar-refractivity contribution in [3.05, 3.63) is 64.1 Å². The molecule has 2 aromatic carbocycles. The number of carbonyl (C=O) groups is 1.